The lowest BCUT2D eigenvalue weighted by Crippen LogP contribution is -2.48. The molecule has 1 aromatic heterocycles. The highest BCUT2D eigenvalue weighted by molar-refractivity contribution is 6.03. The first-order chi connectivity index (χ1) is 22.5. The van der Waals surface area contributed by atoms with Crippen molar-refractivity contribution < 1.29 is 33.5 Å². The van der Waals surface area contributed by atoms with Gasteiger partial charge in [0, 0.05) is 44.3 Å². The summed E-state index contributed by atoms with van der Waals surface area (Å²) in [7, 11) is 1.85. The summed E-state index contributed by atoms with van der Waals surface area (Å²) in [5.74, 6) is 0.622. The highest BCUT2D eigenvalue weighted by Gasteiger charge is 2.32. The summed E-state index contributed by atoms with van der Waals surface area (Å²) >= 11 is 0. The molecule has 47 heavy (non-hydrogen) atoms. The molecule has 1 fully saturated rings. The standard InChI is InChI=1S/C35H53N5O7/c1-22-19-40(23(2)21-41)34(43)29-18-28(36-35(44)37-32-25(4)38-47-26(32)5)15-16-30(29)46-24(3)12-10-11-17-45-31(22)20-39(6)33(42)27-13-8-7-9-14-27/h15-16,18,22-24,27,31,41H,7-14,17,19-21H2,1-6H3,(H2,36,37,44)/t22-,23+,24+,31+/m0/s1. The van der Waals surface area contributed by atoms with Gasteiger partial charge in [-0.2, -0.15) is 0 Å². The van der Waals surface area contributed by atoms with Crippen LogP contribution in [0.3, 0.4) is 0 Å². The predicted octanol–water partition coefficient (Wildman–Crippen LogP) is 5.77. The van der Waals surface area contributed by atoms with E-state index in [1.807, 2.05) is 20.9 Å². The fourth-order valence-electron chi connectivity index (χ4n) is 6.42. The Bertz CT molecular complexity index is 1340. The Kier molecular flexibility index (Phi) is 13.1. The Balaban J connectivity index is 1.59. The van der Waals surface area contributed by atoms with Crippen LogP contribution in [0, 0.1) is 25.7 Å². The van der Waals surface area contributed by atoms with E-state index in [0.29, 0.717) is 41.7 Å². The first-order valence-corrected chi connectivity index (χ1v) is 17.1. The van der Waals surface area contributed by atoms with Crippen molar-refractivity contribution >= 4 is 29.2 Å². The van der Waals surface area contributed by atoms with Gasteiger partial charge in [-0.25, -0.2) is 4.79 Å². The number of aromatic nitrogens is 1. The van der Waals surface area contributed by atoms with E-state index in [1.165, 1.54) is 6.42 Å². The van der Waals surface area contributed by atoms with Gasteiger partial charge in [0.1, 0.15) is 17.1 Å². The zero-order chi connectivity index (χ0) is 34.1. The zero-order valence-electron chi connectivity index (χ0n) is 28.8. The van der Waals surface area contributed by atoms with Gasteiger partial charge >= 0.3 is 6.03 Å². The number of rotatable bonds is 7. The van der Waals surface area contributed by atoms with Gasteiger partial charge in [0.15, 0.2) is 5.76 Å². The van der Waals surface area contributed by atoms with Crippen LogP contribution in [0.2, 0.25) is 0 Å². The van der Waals surface area contributed by atoms with Crippen LogP contribution in [0.1, 0.15) is 93.9 Å². The average molecular weight is 656 g/mol. The molecule has 2 aromatic rings. The number of ether oxygens (including phenoxy) is 2. The van der Waals surface area contributed by atoms with E-state index in [2.05, 4.69) is 15.8 Å². The van der Waals surface area contributed by atoms with Crippen molar-refractivity contribution in [3.8, 4) is 5.75 Å². The van der Waals surface area contributed by atoms with Crippen molar-refractivity contribution in [1.29, 1.82) is 0 Å². The number of nitrogens with one attached hydrogen (secondary N) is 2. The Labute approximate surface area is 278 Å². The summed E-state index contributed by atoms with van der Waals surface area (Å²) in [6, 6.07) is 3.98. The van der Waals surface area contributed by atoms with Gasteiger partial charge in [0.05, 0.1) is 30.4 Å². The monoisotopic (exact) mass is 655 g/mol. The second-order valence-corrected chi connectivity index (χ2v) is 13.3. The predicted molar refractivity (Wildman–Crippen MR) is 180 cm³/mol. The Morgan fingerprint density at radius 3 is 2.49 bits per heavy atom. The minimum absolute atomic E-state index is 0.0577. The highest BCUT2D eigenvalue weighted by Crippen LogP contribution is 2.30. The Morgan fingerprint density at radius 2 is 1.81 bits per heavy atom. The SMILES string of the molecule is Cc1noc(C)c1NC(=O)Nc1ccc2c(c1)C(=O)N([C@H](C)CO)C[C@H](C)[C@@H](CN(C)C(=O)C1CCCCC1)OCCCC[C@@H](C)O2. The van der Waals surface area contributed by atoms with Crippen LogP contribution in [-0.4, -0.2) is 89.5 Å². The molecule has 1 saturated carbocycles. The third-order valence-corrected chi connectivity index (χ3v) is 9.37. The number of urea groups is 1. The van der Waals surface area contributed by atoms with Crippen LogP contribution in [0.25, 0.3) is 0 Å². The lowest BCUT2D eigenvalue weighted by atomic mass is 9.88. The first-order valence-electron chi connectivity index (χ1n) is 17.1. The van der Waals surface area contributed by atoms with Crippen molar-refractivity contribution in [1.82, 2.24) is 15.0 Å². The third-order valence-electron chi connectivity index (χ3n) is 9.37. The highest BCUT2D eigenvalue weighted by atomic mass is 16.5. The maximum Gasteiger partial charge on any atom is 0.323 e. The summed E-state index contributed by atoms with van der Waals surface area (Å²) in [5.41, 5.74) is 1.70. The van der Waals surface area contributed by atoms with Gasteiger partial charge in [-0.1, -0.05) is 31.3 Å². The van der Waals surface area contributed by atoms with Crippen molar-refractivity contribution in [3.63, 3.8) is 0 Å². The van der Waals surface area contributed by atoms with E-state index in [0.717, 1.165) is 44.9 Å². The summed E-state index contributed by atoms with van der Waals surface area (Å²) in [4.78, 5) is 44.0. The van der Waals surface area contributed by atoms with E-state index in [-0.39, 0.29) is 54.6 Å². The molecular weight excluding hydrogens is 602 g/mol. The van der Waals surface area contributed by atoms with Crippen LogP contribution < -0.4 is 15.4 Å². The number of benzene rings is 1. The average Bonchev–Trinajstić information content (AvgIpc) is 3.37. The quantitative estimate of drug-likeness (QED) is 0.341. The molecule has 1 aliphatic carbocycles. The van der Waals surface area contributed by atoms with Crippen molar-refractivity contribution in [2.45, 2.75) is 104 Å². The number of likely N-dealkylation sites (N-methyl/N-ethyl adjacent to an activating group) is 1. The summed E-state index contributed by atoms with van der Waals surface area (Å²) in [6.07, 6.45) is 7.20. The van der Waals surface area contributed by atoms with E-state index in [4.69, 9.17) is 14.0 Å². The minimum atomic E-state index is -0.511. The third kappa shape index (κ3) is 9.70. The summed E-state index contributed by atoms with van der Waals surface area (Å²) in [5, 5.41) is 19.7. The molecule has 0 unspecified atom stereocenters. The molecule has 1 aromatic carbocycles. The molecule has 12 nitrogen and oxygen atoms in total. The second-order valence-electron chi connectivity index (χ2n) is 13.3. The van der Waals surface area contributed by atoms with Gasteiger partial charge in [-0.3, -0.25) is 9.59 Å². The van der Waals surface area contributed by atoms with Gasteiger partial charge in [0.2, 0.25) is 5.91 Å². The van der Waals surface area contributed by atoms with Gasteiger partial charge in [0.25, 0.3) is 5.91 Å². The lowest BCUT2D eigenvalue weighted by molar-refractivity contribution is -0.137. The van der Waals surface area contributed by atoms with Crippen LogP contribution in [0.15, 0.2) is 22.7 Å². The number of hydrogen-bond donors (Lipinski definition) is 3. The molecule has 2 aliphatic rings. The van der Waals surface area contributed by atoms with Crippen LogP contribution in [-0.2, 0) is 9.53 Å². The summed E-state index contributed by atoms with van der Waals surface area (Å²) < 4.78 is 17.9. The molecule has 3 N–H and O–H groups in total. The van der Waals surface area contributed by atoms with Gasteiger partial charge < -0.3 is 39.5 Å². The lowest BCUT2D eigenvalue weighted by Gasteiger charge is -2.36. The molecule has 0 spiro atoms. The zero-order valence-corrected chi connectivity index (χ0v) is 28.8. The molecule has 0 bridgehead atoms. The number of carbonyl (C=O) groups is 3. The van der Waals surface area contributed by atoms with Crippen molar-refractivity contribution in [2.24, 2.45) is 11.8 Å². The van der Waals surface area contributed by atoms with E-state index < -0.39 is 12.1 Å². The minimum Gasteiger partial charge on any atom is -0.490 e. The molecule has 1 aliphatic heterocycles. The topological polar surface area (TPSA) is 146 Å². The van der Waals surface area contributed by atoms with Crippen molar-refractivity contribution in [3.05, 3.63) is 35.2 Å². The van der Waals surface area contributed by atoms with Gasteiger partial charge in [-0.15, -0.1) is 0 Å². The smallest absolute Gasteiger partial charge is 0.323 e. The molecule has 12 heteroatoms. The maximum absolute atomic E-state index is 14.4. The second kappa shape index (κ2) is 17.0. The molecule has 0 radical (unpaired) electrons. The number of nitrogens with zero attached hydrogens (tertiary/aromatic N) is 3. The number of anilines is 2. The molecular formula is C35H53N5O7. The number of aliphatic hydroxyl groups excluding tert-OH is 1. The van der Waals surface area contributed by atoms with E-state index in [1.54, 1.807) is 48.8 Å². The largest absolute Gasteiger partial charge is 0.490 e. The van der Waals surface area contributed by atoms with Crippen molar-refractivity contribution in [2.75, 3.05) is 44.0 Å². The number of hydrogen-bond acceptors (Lipinski definition) is 8. The van der Waals surface area contributed by atoms with E-state index >= 15 is 0 Å². The van der Waals surface area contributed by atoms with E-state index in [9.17, 15) is 19.5 Å². The summed E-state index contributed by atoms with van der Waals surface area (Å²) in [6.45, 7) is 10.2. The number of fused-ring (bicyclic) bond motifs is 1. The molecule has 0 saturated heterocycles. The molecule has 2 heterocycles. The molecule has 4 rings (SSSR count). The first kappa shape index (κ1) is 36.2. The van der Waals surface area contributed by atoms with Crippen LogP contribution in [0.4, 0.5) is 16.2 Å². The Hall–Kier alpha value is -3.64. The number of carbonyl (C=O) groups excluding carboxylic acids is 3. The molecule has 4 atom stereocenters. The number of aliphatic hydroxyl groups is 1. The molecule has 4 amide bonds. The fraction of sp³-hybridized carbons (Fsp3) is 0.657. The fourth-order valence-corrected chi connectivity index (χ4v) is 6.42. The van der Waals surface area contributed by atoms with Gasteiger partial charge in [-0.05, 0) is 78.0 Å². The molecule has 260 valence electrons. The number of amides is 4. The Morgan fingerprint density at radius 1 is 1.09 bits per heavy atom. The normalized spacial score (nSPS) is 22.4. The maximum atomic E-state index is 14.4. The van der Waals surface area contributed by atoms with Crippen LogP contribution in [0.5, 0.6) is 5.75 Å². The number of aryl methyl sites for hydroxylation is 2. The van der Waals surface area contributed by atoms with Crippen LogP contribution >= 0.6 is 0 Å².